The van der Waals surface area contributed by atoms with Gasteiger partial charge >= 0.3 is 0 Å². The zero-order valence-corrected chi connectivity index (χ0v) is 14.5. The van der Waals surface area contributed by atoms with E-state index in [1.807, 2.05) is 10.9 Å². The Morgan fingerprint density at radius 3 is 2.91 bits per heavy atom. The highest BCUT2D eigenvalue weighted by molar-refractivity contribution is 5.76. The van der Waals surface area contributed by atoms with Crippen LogP contribution in [-0.4, -0.2) is 39.7 Å². The third-order valence-corrected chi connectivity index (χ3v) is 4.92. The SMILES string of the molecule is CC(C)n1cc(CN2CCCC(CCC(=O)NC3CC3)C2)cn1. The molecule has 1 aliphatic heterocycles. The fourth-order valence-electron chi connectivity index (χ4n) is 3.39. The monoisotopic (exact) mass is 318 g/mol. The number of hydrogen-bond acceptors (Lipinski definition) is 3. The summed E-state index contributed by atoms with van der Waals surface area (Å²) < 4.78 is 2.03. The molecule has 23 heavy (non-hydrogen) atoms. The zero-order valence-electron chi connectivity index (χ0n) is 14.5. The number of amides is 1. The second-order valence-electron chi connectivity index (χ2n) is 7.55. The van der Waals surface area contributed by atoms with Crippen molar-refractivity contribution in [3.63, 3.8) is 0 Å². The third kappa shape index (κ3) is 5.06. The van der Waals surface area contributed by atoms with Gasteiger partial charge in [0.15, 0.2) is 0 Å². The first kappa shape index (κ1) is 16.5. The number of carbonyl (C=O) groups is 1. The lowest BCUT2D eigenvalue weighted by molar-refractivity contribution is -0.121. The molecular formula is C18H30N4O. The molecule has 0 radical (unpaired) electrons. The van der Waals surface area contributed by atoms with Gasteiger partial charge in [0.2, 0.25) is 5.91 Å². The summed E-state index contributed by atoms with van der Waals surface area (Å²) in [4.78, 5) is 14.4. The van der Waals surface area contributed by atoms with E-state index in [4.69, 9.17) is 0 Å². The van der Waals surface area contributed by atoms with E-state index in [2.05, 4.69) is 35.4 Å². The van der Waals surface area contributed by atoms with Gasteiger partial charge < -0.3 is 5.32 Å². The van der Waals surface area contributed by atoms with Crippen molar-refractivity contribution >= 4 is 5.91 Å². The van der Waals surface area contributed by atoms with Gasteiger partial charge in [-0.05, 0) is 58.4 Å². The Hall–Kier alpha value is -1.36. The lowest BCUT2D eigenvalue weighted by Gasteiger charge is -2.32. The Bertz CT molecular complexity index is 521. The Morgan fingerprint density at radius 1 is 1.39 bits per heavy atom. The van der Waals surface area contributed by atoms with Crippen LogP contribution in [0.15, 0.2) is 12.4 Å². The molecule has 2 aliphatic rings. The summed E-state index contributed by atoms with van der Waals surface area (Å²) in [5.41, 5.74) is 1.30. The molecule has 1 saturated heterocycles. The van der Waals surface area contributed by atoms with E-state index in [1.165, 1.54) is 31.2 Å². The van der Waals surface area contributed by atoms with Crippen molar-refractivity contribution in [1.82, 2.24) is 20.0 Å². The molecule has 5 nitrogen and oxygen atoms in total. The molecular weight excluding hydrogens is 288 g/mol. The number of piperidine rings is 1. The summed E-state index contributed by atoms with van der Waals surface area (Å²) >= 11 is 0. The average Bonchev–Trinajstić information content (AvgIpc) is 3.20. The second kappa shape index (κ2) is 7.47. The number of rotatable bonds is 7. The van der Waals surface area contributed by atoms with E-state index >= 15 is 0 Å². The summed E-state index contributed by atoms with van der Waals surface area (Å²) in [6, 6.07) is 0.908. The first-order chi connectivity index (χ1) is 11.1. The van der Waals surface area contributed by atoms with Crippen LogP contribution in [0.1, 0.15) is 64.0 Å². The summed E-state index contributed by atoms with van der Waals surface area (Å²) in [5.74, 6) is 0.914. The van der Waals surface area contributed by atoms with Crippen LogP contribution in [0.2, 0.25) is 0 Å². The number of carbonyl (C=O) groups excluding carboxylic acids is 1. The minimum atomic E-state index is 0.253. The molecule has 1 amide bonds. The van der Waals surface area contributed by atoms with E-state index in [9.17, 15) is 4.79 Å². The van der Waals surface area contributed by atoms with Gasteiger partial charge in [-0.3, -0.25) is 14.4 Å². The highest BCUT2D eigenvalue weighted by Gasteiger charge is 2.25. The number of nitrogens with zero attached hydrogens (tertiary/aromatic N) is 3. The van der Waals surface area contributed by atoms with E-state index in [1.54, 1.807) is 0 Å². The highest BCUT2D eigenvalue weighted by Crippen LogP contribution is 2.23. The summed E-state index contributed by atoms with van der Waals surface area (Å²) in [6.07, 6.45) is 10.7. The molecule has 1 unspecified atom stereocenters. The van der Waals surface area contributed by atoms with Crippen molar-refractivity contribution in [2.24, 2.45) is 5.92 Å². The lowest BCUT2D eigenvalue weighted by atomic mass is 9.93. The third-order valence-electron chi connectivity index (χ3n) is 4.92. The van der Waals surface area contributed by atoms with Crippen LogP contribution in [0.4, 0.5) is 0 Å². The van der Waals surface area contributed by atoms with Gasteiger partial charge in [-0.25, -0.2) is 0 Å². The first-order valence-electron chi connectivity index (χ1n) is 9.15. The largest absolute Gasteiger partial charge is 0.353 e. The zero-order chi connectivity index (χ0) is 16.2. The van der Waals surface area contributed by atoms with Crippen LogP contribution in [0.25, 0.3) is 0 Å². The minimum absolute atomic E-state index is 0.253. The maximum atomic E-state index is 11.8. The van der Waals surface area contributed by atoms with Crippen LogP contribution in [0.5, 0.6) is 0 Å². The summed E-state index contributed by atoms with van der Waals surface area (Å²) in [6.45, 7) is 7.57. The molecule has 2 heterocycles. The Labute approximate surface area is 139 Å². The lowest BCUT2D eigenvalue weighted by Crippen LogP contribution is -2.35. The van der Waals surface area contributed by atoms with Crippen LogP contribution < -0.4 is 5.32 Å². The van der Waals surface area contributed by atoms with Gasteiger partial charge in [0.05, 0.1) is 6.20 Å². The highest BCUT2D eigenvalue weighted by atomic mass is 16.1. The molecule has 1 saturated carbocycles. The second-order valence-corrected chi connectivity index (χ2v) is 7.55. The molecule has 5 heteroatoms. The van der Waals surface area contributed by atoms with Gasteiger partial charge in [0.25, 0.3) is 0 Å². The van der Waals surface area contributed by atoms with Gasteiger partial charge in [-0.15, -0.1) is 0 Å². The Balaban J connectivity index is 1.42. The minimum Gasteiger partial charge on any atom is -0.353 e. The number of nitrogens with one attached hydrogen (secondary N) is 1. The predicted molar refractivity (Wildman–Crippen MR) is 91.0 cm³/mol. The molecule has 0 spiro atoms. The summed E-state index contributed by atoms with van der Waals surface area (Å²) in [7, 11) is 0. The fourth-order valence-corrected chi connectivity index (χ4v) is 3.39. The normalized spacial score (nSPS) is 22.5. The first-order valence-corrected chi connectivity index (χ1v) is 9.15. The van der Waals surface area contributed by atoms with E-state index in [-0.39, 0.29) is 5.91 Å². The van der Waals surface area contributed by atoms with Gasteiger partial charge in [0, 0.05) is 43.4 Å². The maximum Gasteiger partial charge on any atom is 0.220 e. The van der Waals surface area contributed by atoms with Crippen molar-refractivity contribution in [1.29, 1.82) is 0 Å². The van der Waals surface area contributed by atoms with E-state index < -0.39 is 0 Å². The predicted octanol–water partition coefficient (Wildman–Crippen LogP) is 2.73. The average molecular weight is 318 g/mol. The van der Waals surface area contributed by atoms with Crippen molar-refractivity contribution < 1.29 is 4.79 Å². The van der Waals surface area contributed by atoms with Crippen LogP contribution in [0, 0.1) is 5.92 Å². The number of likely N-dealkylation sites (tertiary alicyclic amines) is 1. The smallest absolute Gasteiger partial charge is 0.220 e. The van der Waals surface area contributed by atoms with E-state index in [0.717, 1.165) is 26.1 Å². The van der Waals surface area contributed by atoms with Crippen molar-refractivity contribution in [3.05, 3.63) is 18.0 Å². The molecule has 1 atom stereocenters. The van der Waals surface area contributed by atoms with Gasteiger partial charge in [0.1, 0.15) is 0 Å². The molecule has 1 aliphatic carbocycles. The number of aromatic nitrogens is 2. The maximum absolute atomic E-state index is 11.8. The van der Waals surface area contributed by atoms with Gasteiger partial charge in [-0.2, -0.15) is 5.10 Å². The Morgan fingerprint density at radius 2 is 2.22 bits per heavy atom. The number of hydrogen-bond donors (Lipinski definition) is 1. The molecule has 1 aromatic heterocycles. The topological polar surface area (TPSA) is 50.2 Å². The van der Waals surface area contributed by atoms with Crippen molar-refractivity contribution in [3.8, 4) is 0 Å². The molecule has 1 aromatic rings. The quantitative estimate of drug-likeness (QED) is 0.841. The molecule has 0 bridgehead atoms. The molecule has 3 rings (SSSR count). The molecule has 0 aromatic carbocycles. The van der Waals surface area contributed by atoms with E-state index in [0.29, 0.717) is 24.4 Å². The van der Waals surface area contributed by atoms with Crippen LogP contribution in [0.3, 0.4) is 0 Å². The van der Waals surface area contributed by atoms with Crippen molar-refractivity contribution in [2.45, 2.75) is 71.0 Å². The van der Waals surface area contributed by atoms with Crippen molar-refractivity contribution in [2.75, 3.05) is 13.1 Å². The fraction of sp³-hybridized carbons (Fsp3) is 0.778. The Kier molecular flexibility index (Phi) is 5.36. The standard InChI is InChI=1S/C18H30N4O/c1-14(2)22-13-16(10-19-22)12-21-9-3-4-15(11-21)5-8-18(23)20-17-6-7-17/h10,13-15,17H,3-9,11-12H2,1-2H3,(H,20,23). The van der Waals surface area contributed by atoms with Gasteiger partial charge in [-0.1, -0.05) is 0 Å². The molecule has 1 N–H and O–H groups in total. The molecule has 128 valence electrons. The van der Waals surface area contributed by atoms with Crippen LogP contribution >= 0.6 is 0 Å². The van der Waals surface area contributed by atoms with Crippen LogP contribution in [-0.2, 0) is 11.3 Å². The summed E-state index contributed by atoms with van der Waals surface area (Å²) in [5, 5.41) is 7.52. The molecule has 2 fully saturated rings.